The minimum Gasteiger partial charge on any atom is -0.369 e. The molecule has 0 aliphatic carbocycles. The van der Waals surface area contributed by atoms with Crippen LogP contribution in [0.5, 0.6) is 0 Å². The van der Waals surface area contributed by atoms with E-state index in [-0.39, 0.29) is 5.91 Å². The van der Waals surface area contributed by atoms with Gasteiger partial charge in [0.25, 0.3) is 0 Å². The minimum absolute atomic E-state index is 0.268. The van der Waals surface area contributed by atoms with Crippen LogP contribution >= 0.6 is 11.6 Å². The Bertz CT molecular complexity index is 425. The zero-order valence-electron chi connectivity index (χ0n) is 8.98. The molecule has 6 heteroatoms. The predicted molar refractivity (Wildman–Crippen MR) is 61.2 cm³/mol. The Kier molecular flexibility index (Phi) is 2.71. The Labute approximate surface area is 98.6 Å². The smallest absolute Gasteiger partial charge is 0.225 e. The molecule has 0 radical (unpaired) electrons. The second kappa shape index (κ2) is 3.90. The third kappa shape index (κ3) is 1.95. The van der Waals surface area contributed by atoms with Gasteiger partial charge in [-0.3, -0.25) is 4.79 Å². The molecule has 2 heterocycles. The lowest BCUT2D eigenvalue weighted by molar-refractivity contribution is -0.125. The zero-order valence-corrected chi connectivity index (χ0v) is 9.74. The van der Waals surface area contributed by atoms with Crippen molar-refractivity contribution >= 4 is 23.3 Å². The molecule has 1 aromatic heterocycles. The van der Waals surface area contributed by atoms with E-state index in [1.807, 2.05) is 11.8 Å². The number of carbonyl (C=O) groups is 1. The van der Waals surface area contributed by atoms with Crippen LogP contribution in [-0.2, 0) is 4.79 Å². The topological polar surface area (TPSA) is 72.1 Å². The molecule has 1 aliphatic heterocycles. The molecule has 0 saturated carbocycles. The lowest BCUT2D eigenvalue weighted by atomic mass is 9.89. The molecule has 2 rings (SSSR count). The first-order valence-corrected chi connectivity index (χ1v) is 5.41. The van der Waals surface area contributed by atoms with Gasteiger partial charge in [-0.1, -0.05) is 11.6 Å². The van der Waals surface area contributed by atoms with Crippen molar-refractivity contribution in [1.29, 1.82) is 0 Å². The first-order chi connectivity index (χ1) is 7.51. The van der Waals surface area contributed by atoms with Crippen LogP contribution in [0.25, 0.3) is 0 Å². The maximum absolute atomic E-state index is 11.3. The summed E-state index contributed by atoms with van der Waals surface area (Å²) in [4.78, 5) is 21.2. The normalized spacial score (nSPS) is 24.8. The molecule has 1 unspecified atom stereocenters. The van der Waals surface area contributed by atoms with Gasteiger partial charge in [-0.05, 0) is 13.3 Å². The quantitative estimate of drug-likeness (QED) is 0.778. The van der Waals surface area contributed by atoms with Gasteiger partial charge in [0.15, 0.2) is 0 Å². The highest BCUT2D eigenvalue weighted by Gasteiger charge is 2.39. The number of anilines is 1. The Balaban J connectivity index is 2.18. The van der Waals surface area contributed by atoms with E-state index in [0.717, 1.165) is 18.8 Å². The van der Waals surface area contributed by atoms with Gasteiger partial charge >= 0.3 is 0 Å². The number of aromatic nitrogens is 2. The molecule has 1 fully saturated rings. The number of carbonyl (C=O) groups excluding carboxylic acids is 1. The van der Waals surface area contributed by atoms with Gasteiger partial charge in [-0.2, -0.15) is 0 Å². The first-order valence-electron chi connectivity index (χ1n) is 5.04. The van der Waals surface area contributed by atoms with Crippen LogP contribution in [0.3, 0.4) is 0 Å². The summed E-state index contributed by atoms with van der Waals surface area (Å²) in [5, 5.41) is 0.401. The maximum Gasteiger partial charge on any atom is 0.225 e. The van der Waals surface area contributed by atoms with E-state index in [2.05, 4.69) is 9.97 Å². The van der Waals surface area contributed by atoms with Gasteiger partial charge in [0, 0.05) is 19.2 Å². The van der Waals surface area contributed by atoms with Crippen LogP contribution in [-0.4, -0.2) is 29.0 Å². The summed E-state index contributed by atoms with van der Waals surface area (Å²) in [6.07, 6.45) is 2.15. The van der Waals surface area contributed by atoms with E-state index in [1.54, 1.807) is 6.07 Å². The number of halogens is 1. The second-order valence-electron chi connectivity index (χ2n) is 4.30. The molecule has 1 saturated heterocycles. The highest BCUT2D eigenvalue weighted by atomic mass is 35.5. The Morgan fingerprint density at radius 2 is 2.38 bits per heavy atom. The van der Waals surface area contributed by atoms with Crippen LogP contribution in [0, 0.1) is 5.41 Å². The summed E-state index contributed by atoms with van der Waals surface area (Å²) in [7, 11) is 0. The average Bonchev–Trinajstić information content (AvgIpc) is 2.62. The fraction of sp³-hybridized carbons (Fsp3) is 0.500. The van der Waals surface area contributed by atoms with Gasteiger partial charge in [0.1, 0.15) is 17.3 Å². The zero-order chi connectivity index (χ0) is 11.8. The monoisotopic (exact) mass is 240 g/mol. The van der Waals surface area contributed by atoms with Gasteiger partial charge < -0.3 is 10.6 Å². The van der Waals surface area contributed by atoms with Crippen LogP contribution in [0.4, 0.5) is 5.82 Å². The maximum atomic E-state index is 11.3. The van der Waals surface area contributed by atoms with Crippen LogP contribution < -0.4 is 10.6 Å². The molecule has 0 aromatic carbocycles. The summed E-state index contributed by atoms with van der Waals surface area (Å²) < 4.78 is 0. The SMILES string of the molecule is CC1(C(N)=O)CCN(c2cc(Cl)ncn2)C1. The molecule has 1 aromatic rings. The van der Waals surface area contributed by atoms with Crippen molar-refractivity contribution in [3.05, 3.63) is 17.5 Å². The Morgan fingerprint density at radius 3 is 2.94 bits per heavy atom. The van der Waals surface area contributed by atoms with Gasteiger partial charge in [0.2, 0.25) is 5.91 Å². The van der Waals surface area contributed by atoms with E-state index in [1.165, 1.54) is 6.33 Å². The van der Waals surface area contributed by atoms with E-state index < -0.39 is 5.41 Å². The minimum atomic E-state index is -0.475. The number of nitrogens with zero attached hydrogens (tertiary/aromatic N) is 3. The lowest BCUT2D eigenvalue weighted by Crippen LogP contribution is -2.37. The Hall–Kier alpha value is -1.36. The number of hydrogen-bond acceptors (Lipinski definition) is 4. The molecule has 0 spiro atoms. The number of primary amides is 1. The molecule has 2 N–H and O–H groups in total. The predicted octanol–water partition coefficient (Wildman–Crippen LogP) is 0.832. The number of rotatable bonds is 2. The highest BCUT2D eigenvalue weighted by molar-refractivity contribution is 6.29. The van der Waals surface area contributed by atoms with Gasteiger partial charge in [-0.25, -0.2) is 9.97 Å². The van der Waals surface area contributed by atoms with Crippen molar-refractivity contribution in [3.63, 3.8) is 0 Å². The lowest BCUT2D eigenvalue weighted by Gasteiger charge is -2.21. The fourth-order valence-electron chi connectivity index (χ4n) is 1.85. The summed E-state index contributed by atoms with van der Waals surface area (Å²) in [5.41, 5.74) is 4.90. The first kappa shape index (κ1) is 11.1. The van der Waals surface area contributed by atoms with Crippen molar-refractivity contribution in [2.45, 2.75) is 13.3 Å². The van der Waals surface area contributed by atoms with E-state index in [0.29, 0.717) is 11.7 Å². The van der Waals surface area contributed by atoms with E-state index >= 15 is 0 Å². The molecule has 1 aliphatic rings. The number of amides is 1. The average molecular weight is 241 g/mol. The summed E-state index contributed by atoms with van der Waals surface area (Å²) in [5.74, 6) is 0.472. The molecular formula is C10H13ClN4O. The summed E-state index contributed by atoms with van der Waals surface area (Å²) in [6, 6.07) is 1.69. The van der Waals surface area contributed by atoms with Crippen molar-refractivity contribution in [2.24, 2.45) is 11.1 Å². The second-order valence-corrected chi connectivity index (χ2v) is 4.68. The molecule has 1 amide bonds. The standard InChI is InChI=1S/C10H13ClN4O/c1-10(9(12)16)2-3-15(5-10)8-4-7(11)13-6-14-8/h4,6H,2-3,5H2,1H3,(H2,12,16). The van der Waals surface area contributed by atoms with Crippen molar-refractivity contribution < 1.29 is 4.79 Å². The molecule has 16 heavy (non-hydrogen) atoms. The van der Waals surface area contributed by atoms with Crippen LogP contribution in [0.1, 0.15) is 13.3 Å². The number of nitrogens with two attached hydrogens (primary N) is 1. The van der Waals surface area contributed by atoms with Crippen molar-refractivity contribution in [3.8, 4) is 0 Å². The van der Waals surface area contributed by atoms with Gasteiger partial charge in [-0.15, -0.1) is 0 Å². The molecular weight excluding hydrogens is 228 g/mol. The molecule has 0 bridgehead atoms. The van der Waals surface area contributed by atoms with E-state index in [9.17, 15) is 4.79 Å². The van der Waals surface area contributed by atoms with Crippen LogP contribution in [0.2, 0.25) is 5.15 Å². The molecule has 86 valence electrons. The molecule has 5 nitrogen and oxygen atoms in total. The summed E-state index contributed by atoms with van der Waals surface area (Å²) >= 11 is 5.79. The Morgan fingerprint density at radius 1 is 1.62 bits per heavy atom. The largest absolute Gasteiger partial charge is 0.369 e. The molecule has 1 atom stereocenters. The summed E-state index contributed by atoms with van der Waals surface area (Å²) in [6.45, 7) is 3.21. The van der Waals surface area contributed by atoms with Crippen LogP contribution in [0.15, 0.2) is 12.4 Å². The van der Waals surface area contributed by atoms with Crippen molar-refractivity contribution in [2.75, 3.05) is 18.0 Å². The van der Waals surface area contributed by atoms with Crippen molar-refractivity contribution in [1.82, 2.24) is 9.97 Å². The number of hydrogen-bond donors (Lipinski definition) is 1. The highest BCUT2D eigenvalue weighted by Crippen LogP contribution is 2.32. The van der Waals surface area contributed by atoms with E-state index in [4.69, 9.17) is 17.3 Å². The van der Waals surface area contributed by atoms with Gasteiger partial charge in [0.05, 0.1) is 5.41 Å². The fourth-order valence-corrected chi connectivity index (χ4v) is 2.00. The third-order valence-corrected chi connectivity index (χ3v) is 3.22. The third-order valence-electron chi connectivity index (χ3n) is 3.01.